The van der Waals surface area contributed by atoms with Crippen molar-refractivity contribution in [3.8, 4) is 5.75 Å². The highest BCUT2D eigenvalue weighted by atomic mass is 19.4. The minimum atomic E-state index is -4.65. The number of nitrogens with one attached hydrogen (secondary N) is 1. The van der Waals surface area contributed by atoms with E-state index in [9.17, 15) is 18.0 Å². The first kappa shape index (κ1) is 17.5. The predicted octanol–water partition coefficient (Wildman–Crippen LogP) is 2.75. The summed E-state index contributed by atoms with van der Waals surface area (Å²) in [5.74, 6) is -0.438. The molecule has 0 saturated carbocycles. The van der Waals surface area contributed by atoms with Crippen LogP contribution in [0.4, 0.5) is 13.2 Å². The molecule has 2 aromatic rings. The SMILES string of the molecule is CCOc1ccc(CN2CCc3nc(C(F)(F)F)[nH]c(=O)c3C2)cc1. The van der Waals surface area contributed by atoms with E-state index < -0.39 is 17.6 Å². The fourth-order valence-corrected chi connectivity index (χ4v) is 2.87. The summed E-state index contributed by atoms with van der Waals surface area (Å²) >= 11 is 0. The smallest absolute Gasteiger partial charge is 0.449 e. The first-order valence-corrected chi connectivity index (χ1v) is 8.00. The number of benzene rings is 1. The van der Waals surface area contributed by atoms with Crippen LogP contribution in [0.1, 0.15) is 29.6 Å². The van der Waals surface area contributed by atoms with Gasteiger partial charge in [0, 0.05) is 26.1 Å². The summed E-state index contributed by atoms with van der Waals surface area (Å²) in [5, 5.41) is 0. The van der Waals surface area contributed by atoms with Crippen molar-refractivity contribution in [2.24, 2.45) is 0 Å². The molecule has 8 heteroatoms. The maximum Gasteiger partial charge on any atom is 0.449 e. The van der Waals surface area contributed by atoms with Crippen LogP contribution in [0.25, 0.3) is 0 Å². The maximum absolute atomic E-state index is 12.7. The van der Waals surface area contributed by atoms with Gasteiger partial charge in [0.05, 0.1) is 17.9 Å². The van der Waals surface area contributed by atoms with Gasteiger partial charge >= 0.3 is 6.18 Å². The Morgan fingerprint density at radius 2 is 2.00 bits per heavy atom. The number of ether oxygens (including phenoxy) is 1. The molecule has 0 unspecified atom stereocenters. The van der Waals surface area contributed by atoms with Crippen LogP contribution in [0.5, 0.6) is 5.75 Å². The minimum absolute atomic E-state index is 0.235. The molecule has 0 bridgehead atoms. The van der Waals surface area contributed by atoms with Crippen molar-refractivity contribution in [3.63, 3.8) is 0 Å². The lowest BCUT2D eigenvalue weighted by Crippen LogP contribution is -2.36. The number of hydrogen-bond acceptors (Lipinski definition) is 4. The molecular weight excluding hydrogens is 335 g/mol. The molecule has 2 heterocycles. The van der Waals surface area contributed by atoms with Gasteiger partial charge in [-0.25, -0.2) is 4.98 Å². The molecule has 0 spiro atoms. The average Bonchev–Trinajstić information content (AvgIpc) is 2.56. The van der Waals surface area contributed by atoms with Gasteiger partial charge in [-0.3, -0.25) is 9.69 Å². The summed E-state index contributed by atoms with van der Waals surface area (Å²) < 4.78 is 43.6. The Labute approximate surface area is 142 Å². The van der Waals surface area contributed by atoms with Gasteiger partial charge in [0.25, 0.3) is 5.56 Å². The third kappa shape index (κ3) is 4.01. The maximum atomic E-state index is 12.7. The largest absolute Gasteiger partial charge is 0.494 e. The molecule has 1 aliphatic heterocycles. The number of hydrogen-bond donors (Lipinski definition) is 1. The van der Waals surface area contributed by atoms with Crippen LogP contribution in [0, 0.1) is 0 Å². The van der Waals surface area contributed by atoms with Crippen LogP contribution < -0.4 is 10.3 Å². The second-order valence-corrected chi connectivity index (χ2v) is 5.88. The number of nitrogens with zero attached hydrogens (tertiary/aromatic N) is 2. The summed E-state index contributed by atoms with van der Waals surface area (Å²) in [6, 6.07) is 7.63. The summed E-state index contributed by atoms with van der Waals surface area (Å²) in [5.41, 5.74) is 0.876. The third-order valence-electron chi connectivity index (χ3n) is 4.06. The third-order valence-corrected chi connectivity index (χ3v) is 4.06. The van der Waals surface area contributed by atoms with Crippen LogP contribution in [0.2, 0.25) is 0 Å². The van der Waals surface area contributed by atoms with E-state index in [2.05, 4.69) is 4.98 Å². The first-order valence-electron chi connectivity index (χ1n) is 8.00. The number of aromatic nitrogens is 2. The molecule has 0 saturated heterocycles. The normalized spacial score (nSPS) is 15.0. The molecule has 0 atom stereocenters. The van der Waals surface area contributed by atoms with Crippen LogP contribution in [0.15, 0.2) is 29.1 Å². The van der Waals surface area contributed by atoms with Gasteiger partial charge < -0.3 is 9.72 Å². The van der Waals surface area contributed by atoms with Crippen molar-refractivity contribution < 1.29 is 17.9 Å². The van der Waals surface area contributed by atoms with E-state index in [1.165, 1.54) is 0 Å². The van der Waals surface area contributed by atoms with Crippen LogP contribution in [-0.2, 0) is 25.7 Å². The Morgan fingerprint density at radius 3 is 2.64 bits per heavy atom. The van der Waals surface area contributed by atoms with Crippen molar-refractivity contribution in [3.05, 3.63) is 57.3 Å². The Kier molecular flexibility index (Phi) is 4.80. The topological polar surface area (TPSA) is 58.2 Å². The number of alkyl halides is 3. The van der Waals surface area contributed by atoms with Crippen LogP contribution in [0.3, 0.4) is 0 Å². The lowest BCUT2D eigenvalue weighted by atomic mass is 10.1. The zero-order chi connectivity index (χ0) is 18.0. The van der Waals surface area contributed by atoms with Gasteiger partial charge in [0.1, 0.15) is 5.75 Å². The van der Waals surface area contributed by atoms with E-state index in [-0.39, 0.29) is 12.2 Å². The van der Waals surface area contributed by atoms with E-state index in [0.717, 1.165) is 11.3 Å². The quantitative estimate of drug-likeness (QED) is 0.918. The molecule has 25 heavy (non-hydrogen) atoms. The van der Waals surface area contributed by atoms with E-state index in [0.29, 0.717) is 31.7 Å². The zero-order valence-corrected chi connectivity index (χ0v) is 13.7. The number of rotatable bonds is 4. The molecule has 0 radical (unpaired) electrons. The highest BCUT2D eigenvalue weighted by molar-refractivity contribution is 5.28. The molecular formula is C17H18F3N3O2. The first-order chi connectivity index (χ1) is 11.9. The summed E-state index contributed by atoms with van der Waals surface area (Å²) in [4.78, 5) is 19.5. The lowest BCUT2D eigenvalue weighted by molar-refractivity contribution is -0.145. The Bertz CT molecular complexity index is 800. The second kappa shape index (κ2) is 6.87. The van der Waals surface area contributed by atoms with E-state index in [1.807, 2.05) is 41.1 Å². The molecule has 5 nitrogen and oxygen atoms in total. The molecule has 0 fully saturated rings. The van der Waals surface area contributed by atoms with Crippen molar-refractivity contribution in [2.45, 2.75) is 32.6 Å². The fourth-order valence-electron chi connectivity index (χ4n) is 2.87. The molecule has 134 valence electrons. The molecule has 0 aliphatic carbocycles. The second-order valence-electron chi connectivity index (χ2n) is 5.88. The summed E-state index contributed by atoms with van der Waals surface area (Å²) in [6.45, 7) is 3.94. The van der Waals surface area contributed by atoms with Crippen molar-refractivity contribution in [1.82, 2.24) is 14.9 Å². The monoisotopic (exact) mass is 353 g/mol. The molecule has 1 aromatic heterocycles. The molecule has 1 aliphatic rings. The van der Waals surface area contributed by atoms with Gasteiger partial charge in [0.2, 0.25) is 5.82 Å². The molecule has 1 aromatic carbocycles. The Balaban J connectivity index is 1.74. The summed E-state index contributed by atoms with van der Waals surface area (Å²) in [7, 11) is 0. The predicted molar refractivity (Wildman–Crippen MR) is 85.3 cm³/mol. The average molecular weight is 353 g/mol. The number of aromatic amines is 1. The lowest BCUT2D eigenvalue weighted by Gasteiger charge is -2.27. The van der Waals surface area contributed by atoms with Crippen molar-refractivity contribution in [2.75, 3.05) is 13.2 Å². The highest BCUT2D eigenvalue weighted by Crippen LogP contribution is 2.26. The standard InChI is InChI=1S/C17H18F3N3O2/c1-2-25-12-5-3-11(4-6-12)9-23-8-7-14-13(10-23)15(24)22-16(21-14)17(18,19)20/h3-6H,2,7-10H2,1H3,(H,21,22,24). The number of halogens is 3. The van der Waals surface area contributed by atoms with Gasteiger partial charge in [0.15, 0.2) is 0 Å². The van der Waals surface area contributed by atoms with Gasteiger partial charge in [-0.05, 0) is 24.6 Å². The Morgan fingerprint density at radius 1 is 1.28 bits per heavy atom. The van der Waals surface area contributed by atoms with Crippen molar-refractivity contribution in [1.29, 1.82) is 0 Å². The van der Waals surface area contributed by atoms with Gasteiger partial charge in [-0.15, -0.1) is 0 Å². The highest BCUT2D eigenvalue weighted by Gasteiger charge is 2.35. The van der Waals surface area contributed by atoms with E-state index >= 15 is 0 Å². The zero-order valence-electron chi connectivity index (χ0n) is 13.7. The minimum Gasteiger partial charge on any atom is -0.494 e. The van der Waals surface area contributed by atoms with Gasteiger partial charge in [-0.1, -0.05) is 12.1 Å². The number of fused-ring (bicyclic) bond motifs is 1. The van der Waals surface area contributed by atoms with Crippen LogP contribution >= 0.6 is 0 Å². The summed E-state index contributed by atoms with van der Waals surface area (Å²) in [6.07, 6.45) is -4.33. The van der Waals surface area contributed by atoms with E-state index in [4.69, 9.17) is 4.74 Å². The van der Waals surface area contributed by atoms with Crippen LogP contribution in [-0.4, -0.2) is 28.0 Å². The van der Waals surface area contributed by atoms with E-state index in [1.54, 1.807) is 0 Å². The fraction of sp³-hybridized carbons (Fsp3) is 0.412. The number of H-pyrrole nitrogens is 1. The molecule has 0 amide bonds. The van der Waals surface area contributed by atoms with Crippen molar-refractivity contribution >= 4 is 0 Å². The Hall–Kier alpha value is -2.35. The molecule has 1 N–H and O–H groups in total. The molecule has 3 rings (SSSR count). The van der Waals surface area contributed by atoms with Gasteiger partial charge in [-0.2, -0.15) is 13.2 Å².